The van der Waals surface area contributed by atoms with Gasteiger partial charge >= 0.3 is 0 Å². The lowest BCUT2D eigenvalue weighted by atomic mass is 9.93. The number of hydrogen-bond acceptors (Lipinski definition) is 3. The van der Waals surface area contributed by atoms with Crippen molar-refractivity contribution in [2.75, 3.05) is 13.1 Å². The SMILES string of the molecule is CC(C)N1C(=O)CN(C(=O)c2ccnn2C2CCC2)CC1(C)C. The van der Waals surface area contributed by atoms with Crippen molar-refractivity contribution in [3.8, 4) is 0 Å². The molecule has 3 rings (SSSR count). The Balaban J connectivity index is 1.81. The van der Waals surface area contributed by atoms with Crippen molar-refractivity contribution in [3.63, 3.8) is 0 Å². The minimum absolute atomic E-state index is 0.0132. The van der Waals surface area contributed by atoms with Crippen LogP contribution in [0.5, 0.6) is 0 Å². The van der Waals surface area contributed by atoms with E-state index in [2.05, 4.69) is 5.10 Å². The lowest BCUT2D eigenvalue weighted by molar-refractivity contribution is -0.146. The van der Waals surface area contributed by atoms with Gasteiger partial charge in [-0.1, -0.05) is 0 Å². The van der Waals surface area contributed by atoms with Crippen molar-refractivity contribution in [1.29, 1.82) is 0 Å². The third kappa shape index (κ3) is 2.75. The summed E-state index contributed by atoms with van der Waals surface area (Å²) >= 11 is 0. The highest BCUT2D eigenvalue weighted by molar-refractivity contribution is 5.96. The Morgan fingerprint density at radius 2 is 2.04 bits per heavy atom. The van der Waals surface area contributed by atoms with Gasteiger partial charge in [0.05, 0.1) is 11.6 Å². The van der Waals surface area contributed by atoms with Gasteiger partial charge < -0.3 is 9.80 Å². The molecule has 1 aliphatic carbocycles. The summed E-state index contributed by atoms with van der Waals surface area (Å²) in [4.78, 5) is 29.0. The first-order valence-corrected chi connectivity index (χ1v) is 8.46. The van der Waals surface area contributed by atoms with Gasteiger partial charge in [0.1, 0.15) is 12.2 Å². The normalized spacial score (nSPS) is 21.7. The van der Waals surface area contributed by atoms with E-state index in [9.17, 15) is 9.59 Å². The Kier molecular flexibility index (Phi) is 3.94. The van der Waals surface area contributed by atoms with Gasteiger partial charge in [0.2, 0.25) is 5.91 Å². The molecule has 2 fully saturated rings. The van der Waals surface area contributed by atoms with Crippen LogP contribution in [0.25, 0.3) is 0 Å². The van der Waals surface area contributed by atoms with Crippen molar-refractivity contribution >= 4 is 11.8 Å². The van der Waals surface area contributed by atoms with Gasteiger partial charge in [-0.3, -0.25) is 14.3 Å². The second-order valence-corrected chi connectivity index (χ2v) is 7.58. The van der Waals surface area contributed by atoms with Crippen LogP contribution < -0.4 is 0 Å². The highest BCUT2D eigenvalue weighted by Gasteiger charge is 2.42. The Hall–Kier alpha value is -1.85. The molecular formula is C17H26N4O2. The maximum atomic E-state index is 12.9. The zero-order chi connectivity index (χ0) is 16.8. The number of rotatable bonds is 3. The van der Waals surface area contributed by atoms with Crippen LogP contribution in [0.15, 0.2) is 12.3 Å². The molecule has 6 nitrogen and oxygen atoms in total. The predicted octanol–water partition coefficient (Wildman–Crippen LogP) is 2.08. The molecule has 2 aliphatic rings. The Bertz CT molecular complexity index is 616. The van der Waals surface area contributed by atoms with Crippen LogP contribution in [-0.2, 0) is 4.79 Å². The van der Waals surface area contributed by atoms with Gasteiger partial charge in [0, 0.05) is 18.8 Å². The summed E-state index contributed by atoms with van der Waals surface area (Å²) in [6, 6.07) is 2.24. The zero-order valence-corrected chi connectivity index (χ0v) is 14.5. The monoisotopic (exact) mass is 318 g/mol. The molecule has 0 bridgehead atoms. The van der Waals surface area contributed by atoms with Gasteiger partial charge in [-0.15, -0.1) is 0 Å². The maximum absolute atomic E-state index is 12.9. The summed E-state index contributed by atoms with van der Waals surface area (Å²) in [5, 5.41) is 4.33. The minimum atomic E-state index is -0.361. The van der Waals surface area contributed by atoms with Gasteiger partial charge in [0.15, 0.2) is 0 Å². The fourth-order valence-corrected chi connectivity index (χ4v) is 3.87. The molecule has 126 valence electrons. The highest BCUT2D eigenvalue weighted by Crippen LogP contribution is 2.32. The van der Waals surface area contributed by atoms with Crippen molar-refractivity contribution in [1.82, 2.24) is 19.6 Å². The molecule has 23 heavy (non-hydrogen) atoms. The maximum Gasteiger partial charge on any atom is 0.272 e. The molecule has 1 saturated carbocycles. The number of aromatic nitrogens is 2. The number of piperazine rings is 1. The van der Waals surface area contributed by atoms with Gasteiger partial charge in [-0.2, -0.15) is 5.10 Å². The van der Waals surface area contributed by atoms with Crippen molar-refractivity contribution in [2.45, 2.75) is 64.6 Å². The first kappa shape index (κ1) is 16.0. The molecule has 1 saturated heterocycles. The molecule has 2 heterocycles. The quantitative estimate of drug-likeness (QED) is 0.857. The van der Waals surface area contributed by atoms with E-state index in [1.165, 1.54) is 6.42 Å². The van der Waals surface area contributed by atoms with E-state index in [0.29, 0.717) is 18.3 Å². The Morgan fingerprint density at radius 3 is 2.57 bits per heavy atom. The first-order chi connectivity index (χ1) is 10.8. The lowest BCUT2D eigenvalue weighted by Gasteiger charge is -2.48. The third-order valence-electron chi connectivity index (χ3n) is 4.94. The van der Waals surface area contributed by atoms with Crippen LogP contribution in [0.4, 0.5) is 0 Å². The fourth-order valence-electron chi connectivity index (χ4n) is 3.87. The summed E-state index contributed by atoms with van der Waals surface area (Å²) in [5.41, 5.74) is 0.247. The van der Waals surface area contributed by atoms with E-state index in [4.69, 9.17) is 0 Å². The third-order valence-corrected chi connectivity index (χ3v) is 4.94. The number of nitrogens with zero attached hydrogens (tertiary/aromatic N) is 4. The Morgan fingerprint density at radius 1 is 1.35 bits per heavy atom. The van der Waals surface area contributed by atoms with Crippen molar-refractivity contribution in [3.05, 3.63) is 18.0 Å². The van der Waals surface area contributed by atoms with Crippen LogP contribution >= 0.6 is 0 Å². The summed E-state index contributed by atoms with van der Waals surface area (Å²) in [6.07, 6.45) is 5.03. The minimum Gasteiger partial charge on any atom is -0.332 e. The molecule has 2 amide bonds. The summed E-state index contributed by atoms with van der Waals surface area (Å²) in [7, 11) is 0. The van der Waals surface area contributed by atoms with Gasteiger partial charge in [-0.25, -0.2) is 0 Å². The summed E-state index contributed by atoms with van der Waals surface area (Å²) < 4.78 is 1.85. The summed E-state index contributed by atoms with van der Waals surface area (Å²) in [6.45, 7) is 8.77. The molecule has 1 aromatic heterocycles. The van der Waals surface area contributed by atoms with Crippen LogP contribution in [-0.4, -0.2) is 56.1 Å². The zero-order valence-electron chi connectivity index (χ0n) is 14.5. The topological polar surface area (TPSA) is 58.4 Å². The number of hydrogen-bond donors (Lipinski definition) is 0. The van der Waals surface area contributed by atoms with E-state index < -0.39 is 0 Å². The molecule has 0 atom stereocenters. The highest BCUT2D eigenvalue weighted by atomic mass is 16.2. The number of carbonyl (C=O) groups is 2. The predicted molar refractivity (Wildman–Crippen MR) is 87.1 cm³/mol. The largest absolute Gasteiger partial charge is 0.332 e. The second kappa shape index (κ2) is 5.65. The molecule has 0 spiro atoms. The smallest absolute Gasteiger partial charge is 0.272 e. The molecule has 0 N–H and O–H groups in total. The molecule has 1 aromatic rings. The molecule has 0 aromatic carbocycles. The molecule has 6 heteroatoms. The van der Waals surface area contributed by atoms with Gasteiger partial charge in [-0.05, 0) is 53.0 Å². The van der Waals surface area contributed by atoms with Crippen LogP contribution in [0, 0.1) is 0 Å². The molecule has 0 radical (unpaired) electrons. The lowest BCUT2D eigenvalue weighted by Crippen LogP contribution is -2.65. The van der Waals surface area contributed by atoms with E-state index in [1.54, 1.807) is 17.2 Å². The molecule has 0 unspecified atom stereocenters. The van der Waals surface area contributed by atoms with Crippen molar-refractivity contribution < 1.29 is 9.59 Å². The average molecular weight is 318 g/mol. The van der Waals surface area contributed by atoms with E-state index in [1.807, 2.05) is 37.3 Å². The summed E-state index contributed by atoms with van der Waals surface area (Å²) in [5.74, 6) is -0.0708. The molecular weight excluding hydrogens is 292 g/mol. The fraction of sp³-hybridized carbons (Fsp3) is 0.706. The first-order valence-electron chi connectivity index (χ1n) is 8.46. The van der Waals surface area contributed by atoms with Crippen LogP contribution in [0.3, 0.4) is 0 Å². The molecule has 1 aliphatic heterocycles. The standard InChI is InChI=1S/C17H26N4O2/c1-12(2)20-15(22)10-19(11-17(20,3)4)16(23)14-8-9-18-21(14)13-6-5-7-13/h8-9,12-13H,5-7,10-11H2,1-4H3. The second-order valence-electron chi connectivity index (χ2n) is 7.58. The number of carbonyl (C=O) groups excluding carboxylic acids is 2. The Labute approximate surface area is 137 Å². The van der Waals surface area contributed by atoms with Crippen LogP contribution in [0.1, 0.15) is 63.5 Å². The van der Waals surface area contributed by atoms with Crippen LogP contribution in [0.2, 0.25) is 0 Å². The van der Waals surface area contributed by atoms with Crippen molar-refractivity contribution in [2.24, 2.45) is 0 Å². The average Bonchev–Trinajstić information content (AvgIpc) is 2.82. The van der Waals surface area contributed by atoms with E-state index in [0.717, 1.165) is 12.8 Å². The van der Waals surface area contributed by atoms with Gasteiger partial charge in [0.25, 0.3) is 5.91 Å². The van der Waals surface area contributed by atoms with E-state index in [-0.39, 0.29) is 29.9 Å². The number of amides is 2. The van der Waals surface area contributed by atoms with E-state index >= 15 is 0 Å².